The largest absolute Gasteiger partial charge is 0.544 e. The highest BCUT2D eigenvalue weighted by Gasteiger charge is 2.12. The van der Waals surface area contributed by atoms with Crippen molar-refractivity contribution in [3.63, 3.8) is 0 Å². The molecule has 0 fully saturated rings. The molecule has 1 N–H and O–H groups in total. The first-order valence-electron chi connectivity index (χ1n) is 6.17. The average Bonchev–Trinajstić information content (AvgIpc) is 2.27. The van der Waals surface area contributed by atoms with Gasteiger partial charge in [-0.1, -0.05) is 26.0 Å². The predicted molar refractivity (Wildman–Crippen MR) is 67.2 cm³/mol. The molecule has 0 aromatic heterocycles. The molecule has 4 nitrogen and oxygen atoms in total. The molecule has 4 heteroatoms. The average molecular weight is 251 g/mol. The van der Waals surface area contributed by atoms with Gasteiger partial charge in [-0.3, -0.25) is 0 Å². The first-order chi connectivity index (χ1) is 8.51. The Morgan fingerprint density at radius 1 is 1.44 bits per heavy atom. The second kappa shape index (κ2) is 7.01. The second-order valence-corrected chi connectivity index (χ2v) is 4.93. The van der Waals surface area contributed by atoms with E-state index in [4.69, 9.17) is 4.74 Å². The van der Waals surface area contributed by atoms with E-state index in [1.807, 2.05) is 24.3 Å². The van der Waals surface area contributed by atoms with Gasteiger partial charge in [0, 0.05) is 11.5 Å². The molecule has 0 saturated carbocycles. The minimum Gasteiger partial charge on any atom is -0.544 e. The fourth-order valence-corrected chi connectivity index (χ4v) is 2.06. The van der Waals surface area contributed by atoms with Gasteiger partial charge in [-0.2, -0.15) is 0 Å². The third kappa shape index (κ3) is 5.19. The first kappa shape index (κ1) is 14.5. The maximum Gasteiger partial charge on any atom is 0.119 e. The lowest BCUT2D eigenvalue weighted by Crippen LogP contribution is -3.12. The first-order valence-corrected chi connectivity index (χ1v) is 6.17. The van der Waals surface area contributed by atoms with Gasteiger partial charge in [0.25, 0.3) is 0 Å². The number of carbonyl (C=O) groups is 1. The van der Waals surface area contributed by atoms with Gasteiger partial charge in [-0.25, -0.2) is 0 Å². The fourth-order valence-electron chi connectivity index (χ4n) is 2.06. The van der Waals surface area contributed by atoms with Crippen LogP contribution in [0.3, 0.4) is 0 Å². The van der Waals surface area contributed by atoms with E-state index in [1.165, 1.54) is 0 Å². The van der Waals surface area contributed by atoms with Crippen LogP contribution in [0.5, 0.6) is 5.75 Å². The zero-order chi connectivity index (χ0) is 13.5. The summed E-state index contributed by atoms with van der Waals surface area (Å²) in [7, 11) is 1.62. The second-order valence-electron chi connectivity index (χ2n) is 4.93. The SMILES string of the molecule is COc1cccc(C[NH+](CC(=O)[O-])CC(C)C)c1. The van der Waals surface area contributed by atoms with E-state index in [0.717, 1.165) is 22.8 Å². The number of benzene rings is 1. The molecule has 1 rings (SSSR count). The van der Waals surface area contributed by atoms with Gasteiger partial charge in [0.2, 0.25) is 0 Å². The highest BCUT2D eigenvalue weighted by Crippen LogP contribution is 2.11. The van der Waals surface area contributed by atoms with Gasteiger partial charge in [-0.15, -0.1) is 0 Å². The van der Waals surface area contributed by atoms with E-state index in [2.05, 4.69) is 13.8 Å². The van der Waals surface area contributed by atoms with Crippen molar-refractivity contribution in [2.45, 2.75) is 20.4 Å². The number of hydrogen-bond acceptors (Lipinski definition) is 3. The molecule has 0 spiro atoms. The summed E-state index contributed by atoms with van der Waals surface area (Å²) in [5.74, 6) is 0.239. The van der Waals surface area contributed by atoms with Crippen molar-refractivity contribution in [3.8, 4) is 5.75 Å². The van der Waals surface area contributed by atoms with Crippen LogP contribution in [0.25, 0.3) is 0 Å². The maximum atomic E-state index is 10.7. The summed E-state index contributed by atoms with van der Waals surface area (Å²) in [5.41, 5.74) is 1.08. The summed E-state index contributed by atoms with van der Waals surface area (Å²) in [6.07, 6.45) is 0. The Bertz CT molecular complexity index is 390. The van der Waals surface area contributed by atoms with Crippen molar-refractivity contribution in [1.82, 2.24) is 0 Å². The molecular formula is C14H21NO3. The topological polar surface area (TPSA) is 53.8 Å². The summed E-state index contributed by atoms with van der Waals surface area (Å²) in [6, 6.07) is 7.72. The predicted octanol–water partition coefficient (Wildman–Crippen LogP) is -0.514. The number of rotatable bonds is 7. The third-order valence-electron chi connectivity index (χ3n) is 2.68. The molecule has 0 bridgehead atoms. The number of quaternary nitrogens is 1. The molecule has 0 saturated heterocycles. The van der Waals surface area contributed by atoms with Crippen molar-refractivity contribution in [3.05, 3.63) is 29.8 Å². The zero-order valence-electron chi connectivity index (χ0n) is 11.2. The summed E-state index contributed by atoms with van der Waals surface area (Å²) in [5, 5.41) is 10.7. The molecule has 0 radical (unpaired) electrons. The number of aliphatic carboxylic acids is 1. The highest BCUT2D eigenvalue weighted by molar-refractivity contribution is 5.65. The van der Waals surface area contributed by atoms with Crippen molar-refractivity contribution in [1.29, 1.82) is 0 Å². The van der Waals surface area contributed by atoms with Gasteiger partial charge in [0.1, 0.15) is 18.8 Å². The smallest absolute Gasteiger partial charge is 0.119 e. The lowest BCUT2D eigenvalue weighted by atomic mass is 10.1. The molecule has 0 aliphatic rings. The Balaban J connectivity index is 2.71. The quantitative estimate of drug-likeness (QED) is 0.710. The number of ether oxygens (including phenoxy) is 1. The summed E-state index contributed by atoms with van der Waals surface area (Å²) in [6.45, 7) is 5.69. The third-order valence-corrected chi connectivity index (χ3v) is 2.68. The van der Waals surface area contributed by atoms with Gasteiger partial charge < -0.3 is 19.5 Å². The van der Waals surface area contributed by atoms with E-state index >= 15 is 0 Å². The number of carbonyl (C=O) groups excluding carboxylic acids is 1. The lowest BCUT2D eigenvalue weighted by Gasteiger charge is -2.22. The maximum absolute atomic E-state index is 10.7. The van der Waals surface area contributed by atoms with Crippen LogP contribution in [-0.2, 0) is 11.3 Å². The molecule has 0 aliphatic carbocycles. The van der Waals surface area contributed by atoms with Crippen LogP contribution >= 0.6 is 0 Å². The van der Waals surface area contributed by atoms with Gasteiger partial charge >= 0.3 is 0 Å². The van der Waals surface area contributed by atoms with Crippen LogP contribution in [0, 0.1) is 5.92 Å². The number of hydrogen-bond donors (Lipinski definition) is 1. The Morgan fingerprint density at radius 3 is 2.72 bits per heavy atom. The van der Waals surface area contributed by atoms with Crippen molar-refractivity contribution >= 4 is 5.97 Å². The van der Waals surface area contributed by atoms with E-state index in [9.17, 15) is 9.90 Å². The Kier molecular flexibility index (Phi) is 5.65. The summed E-state index contributed by atoms with van der Waals surface area (Å²) >= 11 is 0. The molecule has 1 aromatic carbocycles. The zero-order valence-corrected chi connectivity index (χ0v) is 11.2. The van der Waals surface area contributed by atoms with Crippen LogP contribution in [0.4, 0.5) is 0 Å². The summed E-state index contributed by atoms with van der Waals surface area (Å²) in [4.78, 5) is 11.7. The molecule has 0 heterocycles. The molecule has 100 valence electrons. The summed E-state index contributed by atoms with van der Waals surface area (Å²) < 4.78 is 5.16. The number of methoxy groups -OCH3 is 1. The molecule has 1 aromatic rings. The molecule has 0 aliphatic heterocycles. The van der Waals surface area contributed by atoms with Gasteiger partial charge in [0.15, 0.2) is 0 Å². The molecular weight excluding hydrogens is 230 g/mol. The van der Waals surface area contributed by atoms with Crippen LogP contribution < -0.4 is 14.7 Å². The minimum absolute atomic E-state index is 0.0371. The van der Waals surface area contributed by atoms with Crippen molar-refractivity contribution in [2.75, 3.05) is 20.2 Å². The van der Waals surface area contributed by atoms with Crippen molar-refractivity contribution < 1.29 is 19.5 Å². The highest BCUT2D eigenvalue weighted by atomic mass is 16.5. The Hall–Kier alpha value is -1.55. The van der Waals surface area contributed by atoms with Crippen molar-refractivity contribution in [2.24, 2.45) is 5.92 Å². The van der Waals surface area contributed by atoms with E-state index in [0.29, 0.717) is 12.5 Å². The van der Waals surface area contributed by atoms with Crippen LogP contribution in [0.1, 0.15) is 19.4 Å². The van der Waals surface area contributed by atoms with Crippen LogP contribution in [0.2, 0.25) is 0 Å². The molecule has 18 heavy (non-hydrogen) atoms. The standard InChI is InChI=1S/C14H21NO3/c1-11(2)8-15(10-14(16)17)9-12-5-4-6-13(7-12)18-3/h4-7,11H,8-10H2,1-3H3,(H,16,17). The fraction of sp³-hybridized carbons (Fsp3) is 0.500. The molecule has 1 unspecified atom stereocenters. The molecule has 0 amide bonds. The lowest BCUT2D eigenvalue weighted by molar-refractivity contribution is -0.911. The van der Waals surface area contributed by atoms with E-state index in [-0.39, 0.29) is 6.54 Å². The van der Waals surface area contributed by atoms with Crippen LogP contribution in [-0.4, -0.2) is 26.2 Å². The van der Waals surface area contributed by atoms with Gasteiger partial charge in [0.05, 0.1) is 19.6 Å². The van der Waals surface area contributed by atoms with Crippen LogP contribution in [0.15, 0.2) is 24.3 Å². The van der Waals surface area contributed by atoms with E-state index in [1.54, 1.807) is 7.11 Å². The Labute approximate surface area is 108 Å². The number of carboxylic acids is 1. The number of carboxylic acid groups (broad SMARTS) is 1. The monoisotopic (exact) mass is 251 g/mol. The molecule has 1 atom stereocenters. The number of nitrogens with one attached hydrogen (secondary N) is 1. The normalized spacial score (nSPS) is 12.4. The Morgan fingerprint density at radius 2 is 2.17 bits per heavy atom. The van der Waals surface area contributed by atoms with E-state index < -0.39 is 5.97 Å². The van der Waals surface area contributed by atoms with Gasteiger partial charge in [-0.05, 0) is 12.1 Å². The minimum atomic E-state index is -1.01.